The van der Waals surface area contributed by atoms with Crippen LogP contribution in [0.5, 0.6) is 5.75 Å². The lowest BCUT2D eigenvalue weighted by molar-refractivity contribution is 0.190. The van der Waals surface area contributed by atoms with E-state index < -0.39 is 0 Å². The first-order valence-corrected chi connectivity index (χ1v) is 7.54. The lowest BCUT2D eigenvalue weighted by Gasteiger charge is -2.23. The summed E-state index contributed by atoms with van der Waals surface area (Å²) in [7, 11) is 0. The van der Waals surface area contributed by atoms with E-state index in [9.17, 15) is 0 Å². The Hall–Kier alpha value is -1.09. The fourth-order valence-electron chi connectivity index (χ4n) is 2.09. The summed E-state index contributed by atoms with van der Waals surface area (Å²) in [5.74, 6) is 1.60. The minimum Gasteiger partial charge on any atom is -0.490 e. The van der Waals surface area contributed by atoms with Gasteiger partial charge < -0.3 is 10.1 Å². The summed E-state index contributed by atoms with van der Waals surface area (Å²) in [5, 5.41) is 3.49. The smallest absolute Gasteiger partial charge is 0.127 e. The van der Waals surface area contributed by atoms with Crippen molar-refractivity contribution in [3.05, 3.63) is 23.5 Å². The molecule has 0 saturated carbocycles. The normalized spacial score (nSPS) is 13.6. The molecule has 0 radical (unpaired) electrons. The maximum Gasteiger partial charge on any atom is 0.127 e. The van der Waals surface area contributed by atoms with E-state index in [2.05, 4.69) is 51.8 Å². The number of pyridine rings is 1. The molecule has 0 bridgehead atoms. The molecule has 1 atom stereocenters. The third kappa shape index (κ3) is 6.38. The topological polar surface area (TPSA) is 34.1 Å². The molecule has 0 saturated heterocycles. The van der Waals surface area contributed by atoms with Gasteiger partial charge in [0.15, 0.2) is 0 Å². The molecule has 3 nitrogen and oxygen atoms in total. The van der Waals surface area contributed by atoms with Gasteiger partial charge in [-0.2, -0.15) is 0 Å². The van der Waals surface area contributed by atoms with Gasteiger partial charge in [-0.15, -0.1) is 0 Å². The fourth-order valence-corrected chi connectivity index (χ4v) is 2.09. The number of rotatable bonds is 6. The van der Waals surface area contributed by atoms with Crippen LogP contribution >= 0.6 is 0 Å². The van der Waals surface area contributed by atoms with Crippen molar-refractivity contribution in [2.45, 2.75) is 73.1 Å². The van der Waals surface area contributed by atoms with Gasteiger partial charge in [-0.3, -0.25) is 4.98 Å². The Bertz CT molecular complexity index is 421. The molecule has 114 valence electrons. The largest absolute Gasteiger partial charge is 0.490 e. The predicted molar refractivity (Wildman–Crippen MR) is 85.1 cm³/mol. The van der Waals surface area contributed by atoms with E-state index in [1.807, 2.05) is 19.2 Å². The van der Waals surface area contributed by atoms with E-state index in [-0.39, 0.29) is 11.6 Å². The minimum absolute atomic E-state index is 0.0890. The third-order valence-corrected chi connectivity index (χ3v) is 3.02. The first-order chi connectivity index (χ1) is 9.17. The number of aromatic nitrogens is 1. The summed E-state index contributed by atoms with van der Waals surface area (Å²) in [4.78, 5) is 4.39. The van der Waals surface area contributed by atoms with Crippen LogP contribution in [0.1, 0.15) is 59.2 Å². The zero-order valence-electron chi connectivity index (χ0n) is 14.1. The molecule has 0 fully saturated rings. The molecular formula is C17H30N2O. The van der Waals surface area contributed by atoms with E-state index in [0.717, 1.165) is 30.0 Å². The second-order valence-corrected chi connectivity index (χ2v) is 7.09. The molecule has 1 aromatic rings. The zero-order valence-corrected chi connectivity index (χ0v) is 14.1. The van der Waals surface area contributed by atoms with Crippen LogP contribution in [0.4, 0.5) is 0 Å². The van der Waals surface area contributed by atoms with Crippen LogP contribution in [0, 0.1) is 12.8 Å². The average molecular weight is 278 g/mol. The third-order valence-electron chi connectivity index (χ3n) is 3.02. The lowest BCUT2D eigenvalue weighted by Crippen LogP contribution is -2.35. The number of hydrogen-bond donors (Lipinski definition) is 1. The second-order valence-electron chi connectivity index (χ2n) is 7.09. The Morgan fingerprint density at radius 3 is 2.45 bits per heavy atom. The lowest BCUT2D eigenvalue weighted by atomic mass is 10.1. The second kappa shape index (κ2) is 7.07. The van der Waals surface area contributed by atoms with Crippen molar-refractivity contribution in [1.29, 1.82) is 0 Å². The summed E-state index contributed by atoms with van der Waals surface area (Å²) in [6, 6.07) is 2.04. The highest BCUT2D eigenvalue weighted by Gasteiger charge is 2.14. The molecule has 1 N–H and O–H groups in total. The number of nitrogens with zero attached hydrogens (tertiary/aromatic N) is 1. The van der Waals surface area contributed by atoms with Crippen molar-refractivity contribution < 1.29 is 4.74 Å². The highest BCUT2D eigenvalue weighted by atomic mass is 16.5. The Kier molecular flexibility index (Phi) is 6.00. The molecule has 3 heteroatoms. The van der Waals surface area contributed by atoms with Crippen LogP contribution in [0.3, 0.4) is 0 Å². The van der Waals surface area contributed by atoms with Gasteiger partial charge in [0.1, 0.15) is 5.75 Å². The summed E-state index contributed by atoms with van der Waals surface area (Å²) >= 11 is 0. The van der Waals surface area contributed by atoms with E-state index in [1.54, 1.807) is 0 Å². The first kappa shape index (κ1) is 17.0. The number of aryl methyl sites for hydroxylation is 1. The molecule has 0 aliphatic carbocycles. The summed E-state index contributed by atoms with van der Waals surface area (Å²) in [6.45, 7) is 15.8. The maximum absolute atomic E-state index is 6.12. The van der Waals surface area contributed by atoms with Crippen LogP contribution in [-0.4, -0.2) is 16.6 Å². The first-order valence-electron chi connectivity index (χ1n) is 7.54. The maximum atomic E-state index is 6.12. The van der Waals surface area contributed by atoms with Gasteiger partial charge in [-0.25, -0.2) is 0 Å². The van der Waals surface area contributed by atoms with Crippen molar-refractivity contribution >= 4 is 0 Å². The van der Waals surface area contributed by atoms with Gasteiger partial charge in [-0.05, 0) is 47.0 Å². The molecule has 1 rings (SSSR count). The molecule has 1 unspecified atom stereocenters. The average Bonchev–Trinajstić information content (AvgIpc) is 2.25. The van der Waals surface area contributed by atoms with Crippen LogP contribution in [-0.2, 0) is 6.54 Å². The Morgan fingerprint density at radius 2 is 1.90 bits per heavy atom. The van der Waals surface area contributed by atoms with Gasteiger partial charge in [-0.1, -0.05) is 13.8 Å². The summed E-state index contributed by atoms with van der Waals surface area (Å²) < 4.78 is 6.12. The number of hydrogen-bond acceptors (Lipinski definition) is 3. The van der Waals surface area contributed by atoms with Crippen molar-refractivity contribution in [1.82, 2.24) is 10.3 Å². The summed E-state index contributed by atoms with van der Waals surface area (Å²) in [5.41, 5.74) is 2.21. The van der Waals surface area contributed by atoms with E-state index in [0.29, 0.717) is 5.92 Å². The monoisotopic (exact) mass is 278 g/mol. The Labute approximate surface area is 124 Å². The molecule has 0 aliphatic heterocycles. The van der Waals surface area contributed by atoms with Crippen LogP contribution in [0.2, 0.25) is 0 Å². The fraction of sp³-hybridized carbons (Fsp3) is 0.706. The molecule has 1 aromatic heterocycles. The van der Waals surface area contributed by atoms with E-state index in [4.69, 9.17) is 4.74 Å². The standard InChI is InChI=1S/C17H30N2O/c1-12(2)8-14(4)20-16-9-13(3)18-10-15(16)11-19-17(5,6)7/h9-10,12,14,19H,8,11H2,1-7H3. The van der Waals surface area contributed by atoms with Crippen molar-refractivity contribution in [3.63, 3.8) is 0 Å². The number of ether oxygens (including phenoxy) is 1. The predicted octanol–water partition coefficient (Wildman–Crippen LogP) is 4.09. The van der Waals surface area contributed by atoms with Crippen molar-refractivity contribution in [2.75, 3.05) is 0 Å². The zero-order chi connectivity index (χ0) is 15.3. The molecule has 0 spiro atoms. The van der Waals surface area contributed by atoms with Crippen LogP contribution < -0.4 is 10.1 Å². The Morgan fingerprint density at radius 1 is 1.25 bits per heavy atom. The van der Waals surface area contributed by atoms with E-state index >= 15 is 0 Å². The Balaban J connectivity index is 2.79. The SMILES string of the molecule is Cc1cc(OC(C)CC(C)C)c(CNC(C)(C)C)cn1. The van der Waals surface area contributed by atoms with Gasteiger partial charge in [0.2, 0.25) is 0 Å². The molecule has 0 aromatic carbocycles. The molecular weight excluding hydrogens is 248 g/mol. The van der Waals surface area contributed by atoms with Crippen LogP contribution in [0.25, 0.3) is 0 Å². The van der Waals surface area contributed by atoms with Gasteiger partial charge >= 0.3 is 0 Å². The summed E-state index contributed by atoms with van der Waals surface area (Å²) in [6.07, 6.45) is 3.21. The molecule has 20 heavy (non-hydrogen) atoms. The number of nitrogens with one attached hydrogen (secondary N) is 1. The quantitative estimate of drug-likeness (QED) is 0.851. The van der Waals surface area contributed by atoms with Gasteiger partial charge in [0.05, 0.1) is 6.10 Å². The van der Waals surface area contributed by atoms with E-state index in [1.165, 1.54) is 0 Å². The molecule has 0 aliphatic rings. The molecule has 0 amide bonds. The molecule has 1 heterocycles. The highest BCUT2D eigenvalue weighted by molar-refractivity contribution is 5.33. The van der Waals surface area contributed by atoms with Crippen molar-refractivity contribution in [2.24, 2.45) is 5.92 Å². The van der Waals surface area contributed by atoms with Gasteiger partial charge in [0, 0.05) is 35.6 Å². The van der Waals surface area contributed by atoms with Crippen molar-refractivity contribution in [3.8, 4) is 5.75 Å². The minimum atomic E-state index is 0.0890. The van der Waals surface area contributed by atoms with Crippen LogP contribution in [0.15, 0.2) is 12.3 Å². The highest BCUT2D eigenvalue weighted by Crippen LogP contribution is 2.22. The van der Waals surface area contributed by atoms with Gasteiger partial charge in [0.25, 0.3) is 0 Å².